The van der Waals surface area contributed by atoms with Crippen molar-refractivity contribution in [1.82, 2.24) is 5.32 Å². The largest absolute Gasteiger partial charge is 0.366 e. The first-order chi connectivity index (χ1) is 7.90. The van der Waals surface area contributed by atoms with Gasteiger partial charge in [0.15, 0.2) is 0 Å². The quantitative estimate of drug-likeness (QED) is 0.828. The SMILES string of the molecule is Cc1cc(C(N)=O)cc(C(=O)NCC(C)C)c1. The average molecular weight is 234 g/mol. The predicted molar refractivity (Wildman–Crippen MR) is 66.9 cm³/mol. The third-order valence-electron chi connectivity index (χ3n) is 2.29. The molecular formula is C13H18N2O2. The highest BCUT2D eigenvalue weighted by atomic mass is 16.2. The third kappa shape index (κ3) is 3.90. The minimum absolute atomic E-state index is 0.176. The van der Waals surface area contributed by atoms with E-state index in [1.165, 1.54) is 6.07 Å². The minimum Gasteiger partial charge on any atom is -0.366 e. The van der Waals surface area contributed by atoms with Crippen molar-refractivity contribution in [1.29, 1.82) is 0 Å². The molecule has 0 fully saturated rings. The van der Waals surface area contributed by atoms with Crippen LogP contribution < -0.4 is 11.1 Å². The third-order valence-corrected chi connectivity index (χ3v) is 2.29. The first kappa shape index (κ1) is 13.2. The maximum absolute atomic E-state index is 11.8. The molecule has 0 bridgehead atoms. The molecule has 2 amide bonds. The van der Waals surface area contributed by atoms with Crippen LogP contribution in [0, 0.1) is 12.8 Å². The fourth-order valence-electron chi connectivity index (χ4n) is 1.46. The van der Waals surface area contributed by atoms with Gasteiger partial charge in [0.2, 0.25) is 5.91 Å². The lowest BCUT2D eigenvalue weighted by Crippen LogP contribution is -2.27. The van der Waals surface area contributed by atoms with Crippen LogP contribution in [0.4, 0.5) is 0 Å². The van der Waals surface area contributed by atoms with Crippen LogP contribution in [0.3, 0.4) is 0 Å². The van der Waals surface area contributed by atoms with E-state index in [2.05, 4.69) is 5.32 Å². The normalized spacial score (nSPS) is 10.4. The van der Waals surface area contributed by atoms with Crippen molar-refractivity contribution < 1.29 is 9.59 Å². The van der Waals surface area contributed by atoms with Crippen molar-refractivity contribution in [3.05, 3.63) is 34.9 Å². The summed E-state index contributed by atoms with van der Waals surface area (Å²) >= 11 is 0. The second-order valence-electron chi connectivity index (χ2n) is 4.56. The molecule has 0 heterocycles. The molecule has 0 aliphatic heterocycles. The Morgan fingerprint density at radius 1 is 1.24 bits per heavy atom. The molecule has 1 aromatic carbocycles. The molecule has 4 heteroatoms. The van der Waals surface area contributed by atoms with Crippen LogP contribution in [0.5, 0.6) is 0 Å². The Balaban J connectivity index is 2.90. The van der Waals surface area contributed by atoms with Gasteiger partial charge in [0.25, 0.3) is 5.91 Å². The van der Waals surface area contributed by atoms with E-state index < -0.39 is 5.91 Å². The molecular weight excluding hydrogens is 216 g/mol. The summed E-state index contributed by atoms with van der Waals surface area (Å²) in [5, 5.41) is 2.80. The summed E-state index contributed by atoms with van der Waals surface area (Å²) in [6, 6.07) is 4.93. The topological polar surface area (TPSA) is 72.2 Å². The Bertz CT molecular complexity index is 439. The lowest BCUT2D eigenvalue weighted by Gasteiger charge is -2.09. The first-order valence-corrected chi connectivity index (χ1v) is 5.60. The van der Waals surface area contributed by atoms with E-state index in [0.717, 1.165) is 5.56 Å². The van der Waals surface area contributed by atoms with Gasteiger partial charge in [0.1, 0.15) is 0 Å². The fourth-order valence-corrected chi connectivity index (χ4v) is 1.46. The van der Waals surface area contributed by atoms with E-state index in [1.54, 1.807) is 12.1 Å². The number of benzene rings is 1. The summed E-state index contributed by atoms with van der Waals surface area (Å²) in [6.45, 7) is 6.47. The van der Waals surface area contributed by atoms with Gasteiger partial charge in [0.05, 0.1) is 0 Å². The smallest absolute Gasteiger partial charge is 0.251 e. The van der Waals surface area contributed by atoms with E-state index in [0.29, 0.717) is 23.6 Å². The van der Waals surface area contributed by atoms with Crippen molar-refractivity contribution in [2.45, 2.75) is 20.8 Å². The van der Waals surface area contributed by atoms with Gasteiger partial charge < -0.3 is 11.1 Å². The van der Waals surface area contributed by atoms with Gasteiger partial charge in [-0.3, -0.25) is 9.59 Å². The number of hydrogen-bond donors (Lipinski definition) is 2. The molecule has 0 aliphatic rings. The Kier molecular flexibility index (Phi) is 4.26. The van der Waals surface area contributed by atoms with Crippen molar-refractivity contribution in [3.63, 3.8) is 0 Å². The molecule has 3 N–H and O–H groups in total. The van der Waals surface area contributed by atoms with Crippen LogP contribution in [0.15, 0.2) is 18.2 Å². The highest BCUT2D eigenvalue weighted by Crippen LogP contribution is 2.09. The maximum atomic E-state index is 11.8. The van der Waals surface area contributed by atoms with Crippen LogP contribution in [-0.2, 0) is 0 Å². The minimum atomic E-state index is -0.522. The van der Waals surface area contributed by atoms with Gasteiger partial charge >= 0.3 is 0 Å². The van der Waals surface area contributed by atoms with E-state index in [9.17, 15) is 9.59 Å². The number of carbonyl (C=O) groups excluding carboxylic acids is 2. The Labute approximate surface area is 101 Å². The first-order valence-electron chi connectivity index (χ1n) is 5.60. The van der Waals surface area contributed by atoms with E-state index >= 15 is 0 Å². The zero-order valence-electron chi connectivity index (χ0n) is 10.4. The van der Waals surface area contributed by atoms with Gasteiger partial charge in [0, 0.05) is 17.7 Å². The number of carbonyl (C=O) groups is 2. The Morgan fingerprint density at radius 3 is 2.35 bits per heavy atom. The molecule has 0 aromatic heterocycles. The molecule has 1 rings (SSSR count). The predicted octanol–water partition coefficient (Wildman–Crippen LogP) is 1.48. The number of nitrogens with one attached hydrogen (secondary N) is 1. The number of primary amides is 1. The molecule has 0 atom stereocenters. The molecule has 0 unspecified atom stereocenters. The number of hydrogen-bond acceptors (Lipinski definition) is 2. The van der Waals surface area contributed by atoms with Crippen LogP contribution >= 0.6 is 0 Å². The summed E-state index contributed by atoms with van der Waals surface area (Å²) in [7, 11) is 0. The molecule has 4 nitrogen and oxygen atoms in total. The van der Waals surface area contributed by atoms with Crippen molar-refractivity contribution in [2.75, 3.05) is 6.54 Å². The molecule has 0 aliphatic carbocycles. The summed E-state index contributed by atoms with van der Waals surface area (Å²) in [5.41, 5.74) is 6.88. The second-order valence-corrected chi connectivity index (χ2v) is 4.56. The van der Waals surface area contributed by atoms with Gasteiger partial charge in [-0.1, -0.05) is 13.8 Å². The Hall–Kier alpha value is -1.84. The molecule has 0 saturated heterocycles. The standard InChI is InChI=1S/C13H18N2O2/c1-8(2)7-15-13(17)11-5-9(3)4-10(6-11)12(14)16/h4-6,8H,7H2,1-3H3,(H2,14,16)(H,15,17). The number of nitrogens with two attached hydrogens (primary N) is 1. The average Bonchev–Trinajstić information content (AvgIpc) is 2.24. The van der Waals surface area contributed by atoms with Gasteiger partial charge in [-0.05, 0) is 36.6 Å². The molecule has 92 valence electrons. The summed E-state index contributed by atoms with van der Waals surface area (Å²) in [6.07, 6.45) is 0. The second kappa shape index (κ2) is 5.48. The molecule has 1 aromatic rings. The molecule has 0 radical (unpaired) electrons. The maximum Gasteiger partial charge on any atom is 0.251 e. The highest BCUT2D eigenvalue weighted by Gasteiger charge is 2.10. The zero-order valence-corrected chi connectivity index (χ0v) is 10.4. The lowest BCUT2D eigenvalue weighted by atomic mass is 10.1. The molecule has 17 heavy (non-hydrogen) atoms. The monoisotopic (exact) mass is 234 g/mol. The van der Waals surface area contributed by atoms with Crippen molar-refractivity contribution in [2.24, 2.45) is 11.7 Å². The Morgan fingerprint density at radius 2 is 1.82 bits per heavy atom. The van der Waals surface area contributed by atoms with Crippen LogP contribution in [-0.4, -0.2) is 18.4 Å². The number of amides is 2. The summed E-state index contributed by atoms with van der Waals surface area (Å²) < 4.78 is 0. The van der Waals surface area contributed by atoms with Gasteiger partial charge in [-0.15, -0.1) is 0 Å². The molecule has 0 spiro atoms. The summed E-state index contributed by atoms with van der Waals surface area (Å²) in [4.78, 5) is 22.9. The molecule has 0 saturated carbocycles. The van der Waals surface area contributed by atoms with E-state index in [1.807, 2.05) is 20.8 Å². The van der Waals surface area contributed by atoms with Crippen molar-refractivity contribution >= 4 is 11.8 Å². The zero-order chi connectivity index (χ0) is 13.0. The van der Waals surface area contributed by atoms with E-state index in [4.69, 9.17) is 5.73 Å². The van der Waals surface area contributed by atoms with Gasteiger partial charge in [-0.2, -0.15) is 0 Å². The fraction of sp³-hybridized carbons (Fsp3) is 0.385. The van der Waals surface area contributed by atoms with Crippen LogP contribution in [0.1, 0.15) is 40.1 Å². The van der Waals surface area contributed by atoms with Crippen molar-refractivity contribution in [3.8, 4) is 0 Å². The van der Waals surface area contributed by atoms with Gasteiger partial charge in [-0.25, -0.2) is 0 Å². The summed E-state index contributed by atoms with van der Waals surface area (Å²) in [5.74, 6) is -0.309. The van der Waals surface area contributed by atoms with E-state index in [-0.39, 0.29) is 5.91 Å². The lowest BCUT2D eigenvalue weighted by molar-refractivity contribution is 0.0949. The van der Waals surface area contributed by atoms with Crippen LogP contribution in [0.25, 0.3) is 0 Å². The van der Waals surface area contributed by atoms with Crippen LogP contribution in [0.2, 0.25) is 0 Å². The highest BCUT2D eigenvalue weighted by molar-refractivity contribution is 5.99. The number of aryl methyl sites for hydroxylation is 1. The number of rotatable bonds is 4.